The minimum atomic E-state index is -0.710. The predicted octanol–water partition coefficient (Wildman–Crippen LogP) is 1.77. The van der Waals surface area contributed by atoms with Crippen LogP contribution in [0, 0.1) is 24.0 Å². The number of aryl methyl sites for hydroxylation is 3. The molecule has 0 unspecified atom stereocenters. The van der Waals surface area contributed by atoms with E-state index in [-0.39, 0.29) is 11.3 Å². The molecule has 1 N–H and O–H groups in total. The number of amides is 1. The number of carbonyl (C=O) groups is 2. The molecule has 0 saturated heterocycles. The second kappa shape index (κ2) is 8.75. The molecule has 0 bridgehead atoms. The summed E-state index contributed by atoms with van der Waals surface area (Å²) in [5, 5.41) is 17.6. The maximum atomic E-state index is 11.8. The van der Waals surface area contributed by atoms with Gasteiger partial charge in [0.1, 0.15) is 0 Å². The first-order valence-electron chi connectivity index (χ1n) is 8.06. The lowest BCUT2D eigenvalue weighted by atomic mass is 10.2. The van der Waals surface area contributed by atoms with Crippen LogP contribution in [0.1, 0.15) is 28.2 Å². The summed E-state index contributed by atoms with van der Waals surface area (Å²) in [7, 11) is 0. The Hall–Kier alpha value is -3.23. The molecule has 0 aliphatic carbocycles. The summed E-state index contributed by atoms with van der Waals surface area (Å²) in [6, 6.07) is 6.96. The minimum Gasteiger partial charge on any atom is -0.452 e. The molecule has 0 aliphatic rings. The van der Waals surface area contributed by atoms with Crippen molar-refractivity contribution in [2.75, 3.05) is 13.2 Å². The number of benzene rings is 1. The van der Waals surface area contributed by atoms with Gasteiger partial charge < -0.3 is 10.1 Å². The molecule has 138 valence electrons. The molecule has 26 heavy (non-hydrogen) atoms. The lowest BCUT2D eigenvalue weighted by Crippen LogP contribution is -2.30. The molecule has 1 aromatic heterocycles. The quantitative estimate of drug-likeness (QED) is 0.332. The number of ether oxygens (including phenoxy) is 1. The largest absolute Gasteiger partial charge is 0.452 e. The SMILES string of the molecule is Cc1cc(C)n(CCCNC(=O)COC(=O)c2ccc([N+](=O)[O-])cc2)n1. The Labute approximate surface area is 150 Å². The summed E-state index contributed by atoms with van der Waals surface area (Å²) in [5.74, 6) is -1.12. The fraction of sp³-hybridized carbons (Fsp3) is 0.353. The van der Waals surface area contributed by atoms with Crippen LogP contribution in [0.5, 0.6) is 0 Å². The number of nitrogens with zero attached hydrogens (tertiary/aromatic N) is 3. The maximum Gasteiger partial charge on any atom is 0.338 e. The molecule has 0 fully saturated rings. The number of non-ortho nitro benzene ring substituents is 1. The summed E-state index contributed by atoms with van der Waals surface area (Å²) in [4.78, 5) is 33.5. The first kappa shape index (κ1) is 19.1. The van der Waals surface area contributed by atoms with E-state index in [9.17, 15) is 19.7 Å². The number of nitro groups is 1. The normalized spacial score (nSPS) is 10.4. The zero-order chi connectivity index (χ0) is 19.1. The monoisotopic (exact) mass is 360 g/mol. The Morgan fingerprint density at radius 3 is 2.54 bits per heavy atom. The van der Waals surface area contributed by atoms with Crippen molar-refractivity contribution in [2.45, 2.75) is 26.8 Å². The molecule has 0 radical (unpaired) electrons. The van der Waals surface area contributed by atoms with E-state index in [1.54, 1.807) is 0 Å². The van der Waals surface area contributed by atoms with Crippen LogP contribution in [0.2, 0.25) is 0 Å². The second-order valence-corrected chi connectivity index (χ2v) is 5.73. The van der Waals surface area contributed by atoms with E-state index < -0.39 is 23.4 Å². The Kier molecular flexibility index (Phi) is 6.42. The highest BCUT2D eigenvalue weighted by Crippen LogP contribution is 2.12. The van der Waals surface area contributed by atoms with Gasteiger partial charge in [-0.05, 0) is 38.5 Å². The molecule has 2 rings (SSSR count). The summed E-state index contributed by atoms with van der Waals surface area (Å²) < 4.78 is 6.76. The summed E-state index contributed by atoms with van der Waals surface area (Å²) in [5.41, 5.74) is 2.03. The smallest absolute Gasteiger partial charge is 0.338 e. The van der Waals surface area contributed by atoms with Gasteiger partial charge in [0.05, 0.1) is 16.2 Å². The molecule has 1 amide bonds. The highest BCUT2D eigenvalue weighted by atomic mass is 16.6. The van der Waals surface area contributed by atoms with Crippen molar-refractivity contribution in [3.8, 4) is 0 Å². The zero-order valence-corrected chi connectivity index (χ0v) is 14.6. The number of nitro benzene ring substituents is 1. The molecule has 1 heterocycles. The summed E-state index contributed by atoms with van der Waals surface area (Å²) in [6.45, 7) is 4.60. The van der Waals surface area contributed by atoms with Crippen molar-refractivity contribution in [2.24, 2.45) is 0 Å². The summed E-state index contributed by atoms with van der Waals surface area (Å²) >= 11 is 0. The van der Waals surface area contributed by atoms with Gasteiger partial charge in [-0.25, -0.2) is 4.79 Å². The zero-order valence-electron chi connectivity index (χ0n) is 14.6. The number of nitrogens with one attached hydrogen (secondary N) is 1. The van der Waals surface area contributed by atoms with Gasteiger partial charge in [-0.15, -0.1) is 0 Å². The first-order chi connectivity index (χ1) is 12.4. The Morgan fingerprint density at radius 2 is 1.96 bits per heavy atom. The van der Waals surface area contributed by atoms with E-state index in [4.69, 9.17) is 4.74 Å². The molecule has 1 aromatic carbocycles. The third-order valence-electron chi connectivity index (χ3n) is 3.62. The molecular formula is C17H20N4O5. The van der Waals surface area contributed by atoms with E-state index in [0.29, 0.717) is 19.5 Å². The molecular weight excluding hydrogens is 340 g/mol. The molecule has 2 aromatic rings. The van der Waals surface area contributed by atoms with Crippen molar-refractivity contribution in [3.63, 3.8) is 0 Å². The van der Waals surface area contributed by atoms with Gasteiger partial charge >= 0.3 is 5.97 Å². The van der Waals surface area contributed by atoms with Crippen molar-refractivity contribution in [1.29, 1.82) is 0 Å². The van der Waals surface area contributed by atoms with Crippen LogP contribution in [-0.4, -0.2) is 39.7 Å². The predicted molar refractivity (Wildman–Crippen MR) is 92.7 cm³/mol. The lowest BCUT2D eigenvalue weighted by Gasteiger charge is -2.07. The number of carbonyl (C=O) groups excluding carboxylic acids is 2. The Morgan fingerprint density at radius 1 is 1.27 bits per heavy atom. The standard InChI is InChI=1S/C17H20N4O5/c1-12-10-13(2)20(19-12)9-3-8-18-16(22)11-26-17(23)14-4-6-15(7-5-14)21(24)25/h4-7,10H,3,8-9,11H2,1-2H3,(H,18,22). The minimum absolute atomic E-state index is 0.123. The van der Waals surface area contributed by atoms with Gasteiger partial charge in [0.15, 0.2) is 6.61 Å². The molecule has 0 atom stereocenters. The van der Waals surface area contributed by atoms with Crippen LogP contribution < -0.4 is 5.32 Å². The van der Waals surface area contributed by atoms with Crippen LogP contribution in [0.3, 0.4) is 0 Å². The van der Waals surface area contributed by atoms with Crippen molar-refractivity contribution in [1.82, 2.24) is 15.1 Å². The van der Waals surface area contributed by atoms with Crippen LogP contribution in [-0.2, 0) is 16.1 Å². The molecule has 9 nitrogen and oxygen atoms in total. The van der Waals surface area contributed by atoms with Gasteiger partial charge in [0.2, 0.25) is 0 Å². The van der Waals surface area contributed by atoms with Gasteiger partial charge in [-0.3, -0.25) is 19.6 Å². The fourth-order valence-corrected chi connectivity index (χ4v) is 2.34. The van der Waals surface area contributed by atoms with Crippen molar-refractivity contribution in [3.05, 3.63) is 57.4 Å². The van der Waals surface area contributed by atoms with Crippen molar-refractivity contribution < 1.29 is 19.2 Å². The van der Waals surface area contributed by atoms with Gasteiger partial charge in [-0.1, -0.05) is 0 Å². The molecule has 0 saturated carbocycles. The van der Waals surface area contributed by atoms with Gasteiger partial charge in [0.25, 0.3) is 11.6 Å². The third-order valence-corrected chi connectivity index (χ3v) is 3.62. The molecule has 0 aliphatic heterocycles. The Balaban J connectivity index is 1.68. The van der Waals surface area contributed by atoms with Gasteiger partial charge in [0, 0.05) is 30.9 Å². The van der Waals surface area contributed by atoms with E-state index >= 15 is 0 Å². The average Bonchev–Trinajstić information content (AvgIpc) is 2.94. The van der Waals surface area contributed by atoms with Crippen LogP contribution in [0.15, 0.2) is 30.3 Å². The second-order valence-electron chi connectivity index (χ2n) is 5.73. The summed E-state index contributed by atoms with van der Waals surface area (Å²) in [6.07, 6.45) is 0.698. The first-order valence-corrected chi connectivity index (χ1v) is 8.06. The fourth-order valence-electron chi connectivity index (χ4n) is 2.34. The lowest BCUT2D eigenvalue weighted by molar-refractivity contribution is -0.384. The van der Waals surface area contributed by atoms with Crippen LogP contribution >= 0.6 is 0 Å². The average molecular weight is 360 g/mol. The maximum absolute atomic E-state index is 11.8. The van der Waals surface area contributed by atoms with Crippen LogP contribution in [0.4, 0.5) is 5.69 Å². The number of rotatable bonds is 8. The van der Waals surface area contributed by atoms with Crippen LogP contribution in [0.25, 0.3) is 0 Å². The highest BCUT2D eigenvalue weighted by molar-refractivity contribution is 5.91. The van der Waals surface area contributed by atoms with Crippen molar-refractivity contribution >= 4 is 17.6 Å². The number of aromatic nitrogens is 2. The molecule has 0 spiro atoms. The molecule has 9 heteroatoms. The van der Waals surface area contributed by atoms with Gasteiger partial charge in [-0.2, -0.15) is 5.10 Å². The number of esters is 1. The highest BCUT2D eigenvalue weighted by Gasteiger charge is 2.12. The topological polar surface area (TPSA) is 116 Å². The third kappa shape index (κ3) is 5.40. The van der Waals surface area contributed by atoms with E-state index in [2.05, 4.69) is 10.4 Å². The van der Waals surface area contributed by atoms with E-state index in [0.717, 1.165) is 11.4 Å². The van der Waals surface area contributed by atoms with E-state index in [1.807, 2.05) is 24.6 Å². The number of hydrogen-bond acceptors (Lipinski definition) is 6. The van der Waals surface area contributed by atoms with E-state index in [1.165, 1.54) is 24.3 Å². The number of hydrogen-bond donors (Lipinski definition) is 1. The Bertz CT molecular complexity index is 798.